The van der Waals surface area contributed by atoms with Gasteiger partial charge < -0.3 is 5.73 Å². The number of hydrogen-bond acceptors (Lipinski definition) is 2. The summed E-state index contributed by atoms with van der Waals surface area (Å²) in [6.45, 7) is 0.911. The van der Waals surface area contributed by atoms with Crippen molar-refractivity contribution in [2.75, 3.05) is 12.3 Å². The van der Waals surface area contributed by atoms with Gasteiger partial charge in [-0.3, -0.25) is 0 Å². The number of hydrogen-bond donors (Lipinski definition) is 1. The van der Waals surface area contributed by atoms with Crippen LogP contribution in [0.2, 0.25) is 0 Å². The molecule has 0 aromatic carbocycles. The highest BCUT2D eigenvalue weighted by atomic mass is 32.2. The second-order valence-electron chi connectivity index (χ2n) is 4.34. The minimum atomic E-state index is 0.505. The maximum Gasteiger partial charge on any atom is 0.0285 e. The van der Waals surface area contributed by atoms with E-state index in [9.17, 15) is 0 Å². The van der Waals surface area contributed by atoms with Gasteiger partial charge in [-0.1, -0.05) is 19.3 Å². The van der Waals surface area contributed by atoms with Crippen LogP contribution in [0.25, 0.3) is 0 Å². The quantitative estimate of drug-likeness (QED) is 0.730. The third-order valence-corrected chi connectivity index (χ3v) is 5.09. The number of nitrogens with two attached hydrogens (primary N) is 1. The van der Waals surface area contributed by atoms with E-state index in [-0.39, 0.29) is 0 Å². The predicted octanol–water partition coefficient (Wildman–Crippen LogP) is 2.40. The molecule has 0 aromatic heterocycles. The van der Waals surface area contributed by atoms with Crippen molar-refractivity contribution in [3.05, 3.63) is 0 Å². The van der Waals surface area contributed by atoms with Gasteiger partial charge in [0.25, 0.3) is 0 Å². The van der Waals surface area contributed by atoms with Crippen molar-refractivity contribution in [1.82, 2.24) is 0 Å². The summed E-state index contributed by atoms with van der Waals surface area (Å²) in [5, 5.41) is 0. The van der Waals surface area contributed by atoms with Gasteiger partial charge in [0.15, 0.2) is 0 Å². The van der Waals surface area contributed by atoms with Crippen LogP contribution in [0.3, 0.4) is 0 Å². The van der Waals surface area contributed by atoms with Gasteiger partial charge in [0.05, 0.1) is 0 Å². The molecule has 1 unspecified atom stereocenters. The molecule has 0 aromatic rings. The first-order valence-corrected chi connectivity index (χ1v) is 6.17. The van der Waals surface area contributed by atoms with Crippen LogP contribution in [0, 0.1) is 5.92 Å². The second-order valence-corrected chi connectivity index (χ2v) is 5.90. The van der Waals surface area contributed by atoms with E-state index < -0.39 is 0 Å². The molecule has 1 aliphatic heterocycles. The first-order chi connectivity index (χ1) is 5.85. The molecule has 2 fully saturated rings. The monoisotopic (exact) mass is 185 g/mol. The summed E-state index contributed by atoms with van der Waals surface area (Å²) in [5.74, 6) is 2.38. The summed E-state index contributed by atoms with van der Waals surface area (Å²) >= 11 is 2.14. The van der Waals surface area contributed by atoms with Crippen LogP contribution < -0.4 is 5.73 Å². The Labute approximate surface area is 79.5 Å². The van der Waals surface area contributed by atoms with Crippen molar-refractivity contribution >= 4 is 11.8 Å². The lowest BCUT2D eigenvalue weighted by Gasteiger charge is -2.35. The lowest BCUT2D eigenvalue weighted by molar-refractivity contribution is 0.263. The van der Waals surface area contributed by atoms with Crippen molar-refractivity contribution in [3.63, 3.8) is 0 Å². The van der Waals surface area contributed by atoms with Crippen LogP contribution >= 0.6 is 11.8 Å². The lowest BCUT2D eigenvalue weighted by atomic mass is 9.77. The average molecular weight is 185 g/mol. The topological polar surface area (TPSA) is 26.0 Å². The fourth-order valence-corrected chi connectivity index (χ4v) is 3.87. The molecule has 2 heteroatoms. The summed E-state index contributed by atoms with van der Waals surface area (Å²) in [6.07, 6.45) is 8.61. The summed E-state index contributed by atoms with van der Waals surface area (Å²) in [5.41, 5.74) is 5.88. The number of rotatable bonds is 3. The van der Waals surface area contributed by atoms with E-state index in [1.807, 2.05) is 0 Å². The minimum Gasteiger partial charge on any atom is -0.329 e. The molecule has 0 spiro atoms. The van der Waals surface area contributed by atoms with Gasteiger partial charge in [-0.05, 0) is 30.9 Å². The van der Waals surface area contributed by atoms with Crippen LogP contribution in [0.1, 0.15) is 38.5 Å². The van der Waals surface area contributed by atoms with Crippen molar-refractivity contribution < 1.29 is 0 Å². The van der Waals surface area contributed by atoms with Gasteiger partial charge in [0.1, 0.15) is 0 Å². The molecule has 12 heavy (non-hydrogen) atoms. The predicted molar refractivity (Wildman–Crippen MR) is 55.4 cm³/mol. The van der Waals surface area contributed by atoms with Crippen LogP contribution in [0.15, 0.2) is 0 Å². The van der Waals surface area contributed by atoms with E-state index in [0.717, 1.165) is 12.5 Å². The van der Waals surface area contributed by atoms with E-state index in [2.05, 4.69) is 11.8 Å². The Morgan fingerprint density at radius 1 is 1.33 bits per heavy atom. The van der Waals surface area contributed by atoms with Gasteiger partial charge >= 0.3 is 0 Å². The molecular formula is C10H19NS. The largest absolute Gasteiger partial charge is 0.329 e. The fraction of sp³-hybridized carbons (Fsp3) is 1.00. The molecule has 2 rings (SSSR count). The van der Waals surface area contributed by atoms with Gasteiger partial charge in [-0.25, -0.2) is 0 Å². The van der Waals surface area contributed by atoms with Crippen LogP contribution in [-0.2, 0) is 0 Å². The molecular weight excluding hydrogens is 166 g/mol. The van der Waals surface area contributed by atoms with Gasteiger partial charge in [-0.15, -0.1) is 0 Å². The zero-order chi connectivity index (χ0) is 8.44. The second kappa shape index (κ2) is 3.59. The van der Waals surface area contributed by atoms with Crippen LogP contribution in [-0.4, -0.2) is 17.0 Å². The first kappa shape index (κ1) is 8.89. The molecule has 0 bridgehead atoms. The molecule has 1 nitrogen and oxygen atoms in total. The van der Waals surface area contributed by atoms with Gasteiger partial charge in [0.2, 0.25) is 0 Å². The van der Waals surface area contributed by atoms with Crippen molar-refractivity contribution in [1.29, 1.82) is 0 Å². The van der Waals surface area contributed by atoms with E-state index in [1.54, 1.807) is 0 Å². The Kier molecular flexibility index (Phi) is 2.66. The lowest BCUT2D eigenvalue weighted by Crippen LogP contribution is -2.35. The van der Waals surface area contributed by atoms with Gasteiger partial charge in [-0.2, -0.15) is 11.8 Å². The van der Waals surface area contributed by atoms with Crippen molar-refractivity contribution in [2.45, 2.75) is 43.3 Å². The highest BCUT2D eigenvalue weighted by Gasteiger charge is 2.36. The van der Waals surface area contributed by atoms with Crippen molar-refractivity contribution in [2.24, 2.45) is 11.7 Å². The summed E-state index contributed by atoms with van der Waals surface area (Å²) in [6, 6.07) is 0. The van der Waals surface area contributed by atoms with Gasteiger partial charge in [0, 0.05) is 11.3 Å². The Bertz CT molecular complexity index is 148. The molecule has 2 aliphatic rings. The molecule has 0 radical (unpaired) electrons. The summed E-state index contributed by atoms with van der Waals surface area (Å²) in [7, 11) is 0. The van der Waals surface area contributed by atoms with E-state index in [1.165, 1.54) is 44.3 Å². The Hall–Kier alpha value is 0.310. The Morgan fingerprint density at radius 3 is 2.58 bits per heavy atom. The standard InChI is InChI=1S/C10H19NS/c11-8-10(5-2-6-12-10)7-9-3-1-4-9/h9H,1-8,11H2. The molecule has 70 valence electrons. The molecule has 1 aliphatic carbocycles. The molecule has 1 heterocycles. The minimum absolute atomic E-state index is 0.505. The smallest absolute Gasteiger partial charge is 0.0285 e. The van der Waals surface area contributed by atoms with Crippen molar-refractivity contribution in [3.8, 4) is 0 Å². The molecule has 1 saturated heterocycles. The Morgan fingerprint density at radius 2 is 2.17 bits per heavy atom. The highest BCUT2D eigenvalue weighted by molar-refractivity contribution is 8.00. The zero-order valence-corrected chi connectivity index (χ0v) is 8.54. The summed E-state index contributed by atoms with van der Waals surface area (Å²) < 4.78 is 0.505. The summed E-state index contributed by atoms with van der Waals surface area (Å²) in [4.78, 5) is 0. The molecule has 2 N–H and O–H groups in total. The fourth-order valence-electron chi connectivity index (χ4n) is 2.38. The number of thioether (sulfide) groups is 1. The van der Waals surface area contributed by atoms with Crippen LogP contribution in [0.5, 0.6) is 0 Å². The SMILES string of the molecule is NCC1(CC2CCC2)CCCS1. The van der Waals surface area contributed by atoms with E-state index in [0.29, 0.717) is 4.75 Å². The highest BCUT2D eigenvalue weighted by Crippen LogP contribution is 2.45. The average Bonchev–Trinajstić information content (AvgIpc) is 2.46. The Balaban J connectivity index is 1.87. The third-order valence-electron chi connectivity index (χ3n) is 3.44. The maximum atomic E-state index is 5.88. The van der Waals surface area contributed by atoms with E-state index >= 15 is 0 Å². The maximum absolute atomic E-state index is 5.88. The molecule has 1 saturated carbocycles. The third kappa shape index (κ3) is 1.64. The normalized spacial score (nSPS) is 36.8. The van der Waals surface area contributed by atoms with Crippen LogP contribution in [0.4, 0.5) is 0 Å². The van der Waals surface area contributed by atoms with E-state index in [4.69, 9.17) is 5.73 Å². The zero-order valence-electron chi connectivity index (χ0n) is 7.72. The first-order valence-electron chi connectivity index (χ1n) is 5.19. The molecule has 0 amide bonds. The molecule has 1 atom stereocenters.